The first-order valence-electron chi connectivity index (χ1n) is 15.2. The summed E-state index contributed by atoms with van der Waals surface area (Å²) < 4.78 is 3.68. The maximum atomic E-state index is 10.1. The van der Waals surface area contributed by atoms with Crippen LogP contribution in [0.4, 0.5) is 23.5 Å². The van der Waals surface area contributed by atoms with E-state index in [2.05, 4.69) is 77.4 Å². The summed E-state index contributed by atoms with van der Waals surface area (Å²) in [4.78, 5) is 22.9. The molecule has 1 atom stereocenters. The summed E-state index contributed by atoms with van der Waals surface area (Å²) in [5.41, 5.74) is 12.3. The number of nitrogens with zero attached hydrogens (tertiary/aromatic N) is 8. The quantitative estimate of drug-likeness (QED) is 0.129. The lowest BCUT2D eigenvalue weighted by Gasteiger charge is -2.17. The number of aromatic nitrogens is 8. The van der Waals surface area contributed by atoms with Gasteiger partial charge in [-0.25, -0.2) is 4.98 Å². The molecule has 3 aromatic carbocycles. The van der Waals surface area contributed by atoms with Gasteiger partial charge >= 0.3 is 0 Å². The number of rotatable bonds is 12. The van der Waals surface area contributed by atoms with Crippen molar-refractivity contribution >= 4 is 45.7 Å². The van der Waals surface area contributed by atoms with Crippen molar-refractivity contribution in [3.63, 3.8) is 0 Å². The van der Waals surface area contributed by atoms with E-state index >= 15 is 0 Å². The van der Waals surface area contributed by atoms with Gasteiger partial charge in [0, 0.05) is 20.1 Å². The van der Waals surface area contributed by atoms with Gasteiger partial charge in [-0.15, -0.1) is 0 Å². The number of hydrogen-bond donors (Lipinski definition) is 5. The number of hydrogen-bond acceptors (Lipinski definition) is 11. The van der Waals surface area contributed by atoms with E-state index in [1.165, 1.54) is 0 Å². The average Bonchev–Trinajstić information content (AvgIpc) is 3.69. The van der Waals surface area contributed by atoms with Crippen LogP contribution in [0.5, 0.6) is 0 Å². The molecule has 0 saturated heterocycles. The predicted octanol–water partition coefficient (Wildman–Crippen LogP) is 4.50. The van der Waals surface area contributed by atoms with E-state index in [1.807, 2.05) is 60.1 Å². The lowest BCUT2D eigenvalue weighted by molar-refractivity contribution is 0.276. The molecular formula is C34H34N12O. The molecule has 0 radical (unpaired) electrons. The summed E-state index contributed by atoms with van der Waals surface area (Å²) in [6.07, 6.45) is 3.51. The first-order valence-corrected chi connectivity index (χ1v) is 15.2. The summed E-state index contributed by atoms with van der Waals surface area (Å²) in [6.45, 7) is 1.61. The van der Waals surface area contributed by atoms with Gasteiger partial charge in [-0.1, -0.05) is 84.9 Å². The lowest BCUT2D eigenvalue weighted by atomic mass is 10.1. The molecule has 6 N–H and O–H groups in total. The second kappa shape index (κ2) is 13.1. The molecule has 4 heterocycles. The smallest absolute Gasteiger partial charge is 0.227 e. The largest absolute Gasteiger partial charge is 0.394 e. The Bertz CT molecular complexity index is 2110. The molecule has 0 amide bonds. The van der Waals surface area contributed by atoms with Crippen LogP contribution in [0, 0.1) is 0 Å². The Morgan fingerprint density at radius 1 is 0.766 bits per heavy atom. The second-order valence-corrected chi connectivity index (χ2v) is 11.2. The molecule has 7 rings (SSSR count). The summed E-state index contributed by atoms with van der Waals surface area (Å²) in [7, 11) is 1.84. The number of anilines is 4. The van der Waals surface area contributed by atoms with E-state index in [-0.39, 0.29) is 18.6 Å². The number of aliphatic hydroxyl groups excluding tert-OH is 1. The van der Waals surface area contributed by atoms with Gasteiger partial charge in [-0.2, -0.15) is 25.0 Å². The molecule has 0 bridgehead atoms. The van der Waals surface area contributed by atoms with E-state index in [0.717, 1.165) is 27.6 Å². The number of aliphatic hydroxyl groups is 1. The zero-order valence-corrected chi connectivity index (χ0v) is 25.7. The Hall–Kier alpha value is -6.08. The molecule has 0 fully saturated rings. The fourth-order valence-corrected chi connectivity index (χ4v) is 5.42. The molecule has 0 spiro atoms. The van der Waals surface area contributed by atoms with Crippen molar-refractivity contribution < 1.29 is 5.11 Å². The Morgan fingerprint density at radius 2 is 1.45 bits per heavy atom. The molecule has 236 valence electrons. The van der Waals surface area contributed by atoms with Crippen LogP contribution >= 0.6 is 0 Å². The second-order valence-electron chi connectivity index (χ2n) is 11.2. The minimum atomic E-state index is -0.352. The molecule has 4 aromatic heterocycles. The number of imidazole rings is 1. The van der Waals surface area contributed by atoms with Crippen molar-refractivity contribution in [2.45, 2.75) is 25.7 Å². The molecule has 13 nitrogen and oxygen atoms in total. The molecule has 7 aromatic rings. The van der Waals surface area contributed by atoms with Crippen LogP contribution in [0.3, 0.4) is 0 Å². The molecule has 13 heteroatoms. The highest BCUT2D eigenvalue weighted by Crippen LogP contribution is 2.25. The molecule has 47 heavy (non-hydrogen) atoms. The monoisotopic (exact) mass is 626 g/mol. The van der Waals surface area contributed by atoms with E-state index in [0.29, 0.717) is 54.0 Å². The van der Waals surface area contributed by atoms with Gasteiger partial charge in [-0.3, -0.25) is 4.68 Å². The third-order valence-corrected chi connectivity index (χ3v) is 7.90. The highest BCUT2D eigenvalue weighted by Gasteiger charge is 2.17. The Labute approximate surface area is 270 Å². The van der Waals surface area contributed by atoms with Gasteiger partial charge in [0.15, 0.2) is 22.6 Å². The van der Waals surface area contributed by atoms with Crippen molar-refractivity contribution in [1.29, 1.82) is 0 Å². The van der Waals surface area contributed by atoms with E-state index < -0.39 is 0 Å². The zero-order valence-electron chi connectivity index (χ0n) is 25.7. The highest BCUT2D eigenvalue weighted by atomic mass is 16.3. The van der Waals surface area contributed by atoms with E-state index in [9.17, 15) is 5.11 Å². The van der Waals surface area contributed by atoms with Crippen LogP contribution in [-0.4, -0.2) is 51.0 Å². The average molecular weight is 627 g/mol. The highest BCUT2D eigenvalue weighted by molar-refractivity contribution is 5.87. The fraction of sp³-hybridized carbons (Fsp3) is 0.176. The molecule has 0 unspecified atom stereocenters. The number of fused-ring (bicyclic) bond motifs is 2. The van der Waals surface area contributed by atoms with Crippen LogP contribution in [0.15, 0.2) is 97.5 Å². The number of nitrogens with one attached hydrogen (secondary N) is 3. The molecule has 0 aliphatic heterocycles. The summed E-state index contributed by atoms with van der Waals surface area (Å²) >= 11 is 0. The van der Waals surface area contributed by atoms with Crippen LogP contribution in [0.25, 0.3) is 22.2 Å². The predicted molar refractivity (Wildman–Crippen MR) is 183 cm³/mol. The van der Waals surface area contributed by atoms with Crippen molar-refractivity contribution in [2.75, 3.05) is 28.3 Å². The number of nitrogen functional groups attached to an aromatic ring is 1. The Morgan fingerprint density at radius 3 is 2.19 bits per heavy atom. The van der Waals surface area contributed by atoms with E-state index in [4.69, 9.17) is 10.7 Å². The molecule has 0 aliphatic carbocycles. The van der Waals surface area contributed by atoms with Crippen molar-refractivity contribution in [1.82, 2.24) is 39.3 Å². The van der Waals surface area contributed by atoms with Crippen LogP contribution in [0.1, 0.15) is 28.3 Å². The Kier molecular flexibility index (Phi) is 8.26. The fourth-order valence-electron chi connectivity index (χ4n) is 5.42. The van der Waals surface area contributed by atoms with Gasteiger partial charge < -0.3 is 31.4 Å². The zero-order chi connectivity index (χ0) is 32.2. The van der Waals surface area contributed by atoms with Gasteiger partial charge in [0.25, 0.3) is 0 Å². The standard InChI is InChI=1S/C34H34N12O/c1-45-31-26(18-39-45)29(42-34(44-31)40-27(20-47)25-10-6-3-7-11-25)36-17-23-12-14-24(15-13-23)19-46-21-38-28-30(41-33(35)43-32(28)46)37-16-22-8-4-2-5-9-22/h2-15,18,21,27,47H,16-17,19-20H2,1H3,(H3,35,37,41,43)(H2,36,40,42,44)/t27-/m1/s1. The lowest BCUT2D eigenvalue weighted by Crippen LogP contribution is -2.17. The van der Waals surface area contributed by atoms with Gasteiger partial charge in [0.2, 0.25) is 11.9 Å². The van der Waals surface area contributed by atoms with Crippen molar-refractivity contribution in [2.24, 2.45) is 7.05 Å². The SMILES string of the molecule is Cn1ncc2c(NCc3ccc(Cn4cnc5c(NCc6ccccc6)nc(N)nc54)cc3)nc(N[C@H](CO)c3ccccc3)nc21. The van der Waals surface area contributed by atoms with Crippen LogP contribution in [0.2, 0.25) is 0 Å². The maximum absolute atomic E-state index is 10.1. The maximum Gasteiger partial charge on any atom is 0.227 e. The minimum absolute atomic E-state index is 0.104. The number of aryl methyl sites for hydroxylation is 1. The van der Waals surface area contributed by atoms with Crippen LogP contribution < -0.4 is 21.7 Å². The topological polar surface area (TPSA) is 170 Å². The minimum Gasteiger partial charge on any atom is -0.394 e. The first-order chi connectivity index (χ1) is 23.0. The van der Waals surface area contributed by atoms with E-state index in [1.54, 1.807) is 17.2 Å². The summed E-state index contributed by atoms with van der Waals surface area (Å²) in [5, 5.41) is 25.3. The molecule has 0 saturated carbocycles. The van der Waals surface area contributed by atoms with Gasteiger partial charge in [0.05, 0.1) is 37.1 Å². The molecule has 0 aliphatic rings. The first kappa shape index (κ1) is 29.6. The van der Waals surface area contributed by atoms with Gasteiger partial charge in [-0.05, 0) is 22.3 Å². The number of nitrogens with two attached hydrogens (primary N) is 1. The van der Waals surface area contributed by atoms with Crippen molar-refractivity contribution in [3.05, 3.63) is 120 Å². The Balaban J connectivity index is 1.05. The van der Waals surface area contributed by atoms with Gasteiger partial charge in [0.1, 0.15) is 5.82 Å². The normalized spacial score (nSPS) is 12.0. The summed E-state index contributed by atoms with van der Waals surface area (Å²) in [5.74, 6) is 1.85. The summed E-state index contributed by atoms with van der Waals surface area (Å²) in [6, 6.07) is 27.8. The molecular weight excluding hydrogens is 592 g/mol. The third-order valence-electron chi connectivity index (χ3n) is 7.90. The van der Waals surface area contributed by atoms with Crippen molar-refractivity contribution in [3.8, 4) is 0 Å². The number of benzene rings is 3. The van der Waals surface area contributed by atoms with Crippen LogP contribution in [-0.2, 0) is 26.7 Å². The third kappa shape index (κ3) is 6.51.